The summed E-state index contributed by atoms with van der Waals surface area (Å²) in [6, 6.07) is 9.58. The number of nitrogens with two attached hydrogens (primary N) is 1. The Bertz CT molecular complexity index is 1540. The molecule has 43 heavy (non-hydrogen) atoms. The second-order valence-corrected chi connectivity index (χ2v) is 10.6. The summed E-state index contributed by atoms with van der Waals surface area (Å²) >= 11 is 0. The smallest absolute Gasteiger partial charge is 0.369 e. The molecule has 228 valence electrons. The van der Waals surface area contributed by atoms with Crippen LogP contribution in [0.2, 0.25) is 0 Å². The number of nitrogens with one attached hydrogen (secondary N) is 1. The van der Waals surface area contributed by atoms with Crippen LogP contribution in [0.15, 0.2) is 66.7 Å². The molecule has 1 aliphatic heterocycles. The van der Waals surface area contributed by atoms with E-state index in [9.17, 15) is 40.7 Å². The van der Waals surface area contributed by atoms with Gasteiger partial charge in [-0.2, -0.15) is 26.3 Å². The first-order chi connectivity index (χ1) is 20.1. The Kier molecular flexibility index (Phi) is 9.12. The van der Waals surface area contributed by atoms with E-state index in [1.165, 1.54) is 12.1 Å². The molecule has 0 radical (unpaired) electrons. The summed E-state index contributed by atoms with van der Waals surface area (Å²) < 4.78 is 83.4. The van der Waals surface area contributed by atoms with Crippen LogP contribution in [0.1, 0.15) is 48.5 Å². The van der Waals surface area contributed by atoms with Crippen LogP contribution in [0, 0.1) is 13.8 Å². The van der Waals surface area contributed by atoms with E-state index in [2.05, 4.69) is 5.32 Å². The lowest BCUT2D eigenvalue weighted by atomic mass is 9.84. The first kappa shape index (κ1) is 31.9. The number of carbonyl (C=O) groups excluding carboxylic acids is 3. The van der Waals surface area contributed by atoms with Gasteiger partial charge in [0.25, 0.3) is 0 Å². The Balaban J connectivity index is 1.86. The van der Waals surface area contributed by atoms with Crippen molar-refractivity contribution in [2.45, 2.75) is 50.7 Å². The van der Waals surface area contributed by atoms with Crippen LogP contribution < -0.4 is 11.1 Å². The van der Waals surface area contributed by atoms with Gasteiger partial charge in [0, 0.05) is 23.7 Å². The maximum atomic E-state index is 14.1. The minimum absolute atomic E-state index is 0.0982. The number of nitrogens with zero attached hydrogens (tertiary/aromatic N) is 1. The Morgan fingerprint density at radius 3 is 1.86 bits per heavy atom. The molecule has 3 N–H and O–H groups in total. The summed E-state index contributed by atoms with van der Waals surface area (Å²) in [6.07, 6.45) is -9.70. The number of hydrogen-bond acceptors (Lipinski definition) is 5. The summed E-state index contributed by atoms with van der Waals surface area (Å²) in [5.74, 6) is -3.14. The van der Waals surface area contributed by atoms with E-state index in [1.54, 1.807) is 6.07 Å². The van der Waals surface area contributed by atoms with Crippen LogP contribution in [0.5, 0.6) is 0 Å². The van der Waals surface area contributed by atoms with Crippen molar-refractivity contribution in [3.63, 3.8) is 0 Å². The van der Waals surface area contributed by atoms with Crippen LogP contribution in [0.4, 0.5) is 26.3 Å². The van der Waals surface area contributed by atoms with Gasteiger partial charge in [0.15, 0.2) is 11.6 Å². The number of amides is 1. The van der Waals surface area contributed by atoms with Gasteiger partial charge in [-0.1, -0.05) is 54.6 Å². The molecule has 12 heteroatoms. The number of hydrogen-bond donors (Lipinski definition) is 2. The highest BCUT2D eigenvalue weighted by atomic mass is 19.4. The highest BCUT2D eigenvalue weighted by Gasteiger charge is 2.48. The number of alkyl halides is 6. The van der Waals surface area contributed by atoms with Crippen molar-refractivity contribution in [3.8, 4) is 0 Å². The average Bonchev–Trinajstić information content (AvgIpc) is 2.93. The lowest BCUT2D eigenvalue weighted by molar-refractivity contribution is -0.138. The quantitative estimate of drug-likeness (QED) is 0.274. The van der Waals surface area contributed by atoms with Gasteiger partial charge in [-0.3, -0.25) is 19.3 Å². The molecule has 0 aromatic heterocycles. The first-order valence-corrected chi connectivity index (χ1v) is 13.3. The third-order valence-corrected chi connectivity index (χ3v) is 7.64. The van der Waals surface area contributed by atoms with Crippen LogP contribution in [0.25, 0.3) is 0 Å². The average molecular weight is 606 g/mol. The Hall–Kier alpha value is -4.03. The Labute approximate surface area is 243 Å². The second kappa shape index (κ2) is 12.3. The van der Waals surface area contributed by atoms with Crippen LogP contribution in [-0.2, 0) is 23.6 Å². The van der Waals surface area contributed by atoms with Crippen LogP contribution in [-0.4, -0.2) is 53.6 Å². The molecule has 1 aliphatic rings. The molecule has 4 rings (SSSR count). The van der Waals surface area contributed by atoms with E-state index in [0.717, 1.165) is 52.4 Å². The number of primary amides is 1. The third kappa shape index (κ3) is 6.97. The predicted molar refractivity (Wildman–Crippen MR) is 146 cm³/mol. The predicted octanol–water partition coefficient (Wildman–Crippen LogP) is 5.15. The fraction of sp³-hybridized carbons (Fsp3) is 0.323. The molecule has 6 nitrogen and oxygen atoms in total. The van der Waals surface area contributed by atoms with Gasteiger partial charge in [0.05, 0.1) is 29.8 Å². The van der Waals surface area contributed by atoms with Crippen molar-refractivity contribution in [1.82, 2.24) is 10.2 Å². The monoisotopic (exact) mass is 605 g/mol. The molecular weight excluding hydrogens is 576 g/mol. The first-order valence-electron chi connectivity index (χ1n) is 13.3. The fourth-order valence-electron chi connectivity index (χ4n) is 5.48. The van der Waals surface area contributed by atoms with Crippen molar-refractivity contribution in [2.24, 2.45) is 5.73 Å². The van der Waals surface area contributed by atoms with E-state index < -0.39 is 76.8 Å². The highest BCUT2D eigenvalue weighted by Crippen LogP contribution is 2.36. The van der Waals surface area contributed by atoms with E-state index in [4.69, 9.17) is 5.73 Å². The molecule has 3 aromatic rings. The summed E-state index contributed by atoms with van der Waals surface area (Å²) in [6.45, 7) is 2.70. The lowest BCUT2D eigenvalue weighted by Gasteiger charge is -2.45. The van der Waals surface area contributed by atoms with Crippen LogP contribution >= 0.6 is 0 Å². The summed E-state index contributed by atoms with van der Waals surface area (Å²) in [7, 11) is 0. The standard InChI is InChI=1S/C31H29F6N3O3/c1-17-11-12-19(13-18(17)2)14-24-27(29(43)21-8-4-6-10-23(21)31(35,36)37)40(16-26(38)41)25(15-39-24)28(42)20-7-3-5-9-22(20)30(32,33)34/h3-13,24-25,27,39H,14-16H2,1-2H3,(H2,38,41). The van der Waals surface area contributed by atoms with Crippen molar-refractivity contribution in [1.29, 1.82) is 0 Å². The van der Waals surface area contributed by atoms with E-state index in [0.29, 0.717) is 5.56 Å². The summed E-state index contributed by atoms with van der Waals surface area (Å²) in [4.78, 5) is 41.1. The van der Waals surface area contributed by atoms with Gasteiger partial charge in [-0.25, -0.2) is 0 Å². The number of rotatable bonds is 8. The van der Waals surface area contributed by atoms with Gasteiger partial charge >= 0.3 is 12.4 Å². The number of halogens is 6. The minimum Gasteiger partial charge on any atom is -0.369 e. The SMILES string of the molecule is Cc1ccc(CC2NCC(C(=O)c3ccccc3C(F)(F)F)N(CC(N)=O)C2C(=O)c2ccccc2C(F)(F)F)cc1C. The molecule has 3 unspecified atom stereocenters. The van der Waals surface area contributed by atoms with E-state index >= 15 is 0 Å². The molecule has 1 fully saturated rings. The molecule has 3 atom stereocenters. The topological polar surface area (TPSA) is 92.5 Å². The third-order valence-electron chi connectivity index (χ3n) is 7.64. The number of Topliss-reactive ketones (excluding diaryl/α,β-unsaturated/α-hetero) is 2. The molecule has 0 aliphatic carbocycles. The Morgan fingerprint density at radius 1 is 0.814 bits per heavy atom. The molecule has 1 heterocycles. The molecular formula is C31H29F6N3O3. The molecule has 0 saturated carbocycles. The van der Waals surface area contributed by atoms with Gasteiger partial charge in [-0.15, -0.1) is 0 Å². The fourth-order valence-corrected chi connectivity index (χ4v) is 5.48. The molecule has 0 spiro atoms. The number of piperazine rings is 1. The lowest BCUT2D eigenvalue weighted by Crippen LogP contribution is -2.68. The number of carbonyl (C=O) groups is 3. The van der Waals surface area contributed by atoms with Crippen LogP contribution in [0.3, 0.4) is 0 Å². The van der Waals surface area contributed by atoms with Crippen molar-refractivity contribution in [2.75, 3.05) is 13.1 Å². The van der Waals surface area contributed by atoms with E-state index in [-0.39, 0.29) is 13.0 Å². The van der Waals surface area contributed by atoms with Crippen molar-refractivity contribution >= 4 is 17.5 Å². The second-order valence-electron chi connectivity index (χ2n) is 10.6. The maximum Gasteiger partial charge on any atom is 0.417 e. The summed E-state index contributed by atoms with van der Waals surface area (Å²) in [5.41, 5.74) is 4.24. The zero-order chi connectivity index (χ0) is 31.7. The molecule has 3 aromatic carbocycles. The zero-order valence-electron chi connectivity index (χ0n) is 23.2. The van der Waals surface area contributed by atoms with Gasteiger partial charge in [-0.05, 0) is 49.1 Å². The number of ketones is 2. The van der Waals surface area contributed by atoms with Crippen molar-refractivity contribution < 1.29 is 40.7 Å². The normalized spacial score (nSPS) is 19.7. The zero-order valence-corrected chi connectivity index (χ0v) is 23.2. The van der Waals surface area contributed by atoms with Gasteiger partial charge < -0.3 is 11.1 Å². The van der Waals surface area contributed by atoms with Gasteiger partial charge in [0.2, 0.25) is 5.91 Å². The number of benzene rings is 3. The molecule has 1 amide bonds. The van der Waals surface area contributed by atoms with Crippen molar-refractivity contribution in [3.05, 3.63) is 106 Å². The number of aryl methyl sites for hydroxylation is 2. The summed E-state index contributed by atoms with van der Waals surface area (Å²) in [5, 5.41) is 3.02. The van der Waals surface area contributed by atoms with E-state index in [1.807, 2.05) is 26.0 Å². The molecule has 1 saturated heterocycles. The van der Waals surface area contributed by atoms with Gasteiger partial charge in [0.1, 0.15) is 0 Å². The largest absolute Gasteiger partial charge is 0.417 e. The highest BCUT2D eigenvalue weighted by molar-refractivity contribution is 6.05. The minimum atomic E-state index is -4.91. The molecule has 0 bridgehead atoms. The Morgan fingerprint density at radius 2 is 1.35 bits per heavy atom. The maximum absolute atomic E-state index is 14.1.